The largest absolute Gasteiger partial charge is 0.366 e. The summed E-state index contributed by atoms with van der Waals surface area (Å²) in [7, 11) is 0. The van der Waals surface area contributed by atoms with Gasteiger partial charge in [-0.1, -0.05) is 13.3 Å². The summed E-state index contributed by atoms with van der Waals surface area (Å²) >= 11 is 0. The molecule has 102 valence electrons. The fourth-order valence-electron chi connectivity index (χ4n) is 2.35. The van der Waals surface area contributed by atoms with Crippen LogP contribution in [0, 0.1) is 11.3 Å². The Morgan fingerprint density at radius 1 is 1.37 bits per heavy atom. The van der Waals surface area contributed by atoms with E-state index in [1.807, 2.05) is 6.07 Å². The number of nitriles is 1. The fourth-order valence-corrected chi connectivity index (χ4v) is 2.35. The van der Waals surface area contributed by atoms with Crippen molar-refractivity contribution in [3.63, 3.8) is 0 Å². The number of likely N-dealkylation sites (tertiary alicyclic amines) is 1. The zero-order chi connectivity index (χ0) is 13.5. The first kappa shape index (κ1) is 13.8. The van der Waals surface area contributed by atoms with E-state index in [-0.39, 0.29) is 0 Å². The van der Waals surface area contributed by atoms with Crippen LogP contribution in [0.2, 0.25) is 0 Å². The second-order valence-corrected chi connectivity index (χ2v) is 5.01. The quantitative estimate of drug-likeness (QED) is 0.876. The minimum Gasteiger partial charge on any atom is -0.366 e. The van der Waals surface area contributed by atoms with Gasteiger partial charge in [0.15, 0.2) is 5.69 Å². The van der Waals surface area contributed by atoms with Crippen LogP contribution >= 0.6 is 0 Å². The molecule has 2 rings (SSSR count). The van der Waals surface area contributed by atoms with Crippen LogP contribution in [0.5, 0.6) is 0 Å². The third-order valence-corrected chi connectivity index (χ3v) is 3.53. The van der Waals surface area contributed by atoms with Crippen molar-refractivity contribution in [3.05, 3.63) is 18.1 Å². The minimum absolute atomic E-state index is 0.361. The summed E-state index contributed by atoms with van der Waals surface area (Å²) in [5, 5.41) is 12.1. The van der Waals surface area contributed by atoms with E-state index in [0.717, 1.165) is 31.7 Å². The summed E-state index contributed by atoms with van der Waals surface area (Å²) in [5.74, 6) is 0.769. The van der Waals surface area contributed by atoms with Crippen LogP contribution in [0.15, 0.2) is 12.4 Å². The molecular formula is C14H21N5. The van der Waals surface area contributed by atoms with E-state index in [0.29, 0.717) is 11.7 Å². The molecule has 0 radical (unpaired) electrons. The molecule has 5 heteroatoms. The predicted molar refractivity (Wildman–Crippen MR) is 74.7 cm³/mol. The lowest BCUT2D eigenvalue weighted by molar-refractivity contribution is 0.216. The average molecular weight is 259 g/mol. The Morgan fingerprint density at radius 3 is 2.74 bits per heavy atom. The summed E-state index contributed by atoms with van der Waals surface area (Å²) in [5.41, 5.74) is 0.361. The van der Waals surface area contributed by atoms with Gasteiger partial charge in [0.25, 0.3) is 0 Å². The molecule has 0 unspecified atom stereocenters. The van der Waals surface area contributed by atoms with Gasteiger partial charge < -0.3 is 10.2 Å². The van der Waals surface area contributed by atoms with Gasteiger partial charge in [-0.15, -0.1) is 0 Å². The fraction of sp³-hybridized carbons (Fsp3) is 0.643. The van der Waals surface area contributed by atoms with Crippen molar-refractivity contribution in [2.75, 3.05) is 25.0 Å². The molecule has 1 N–H and O–H groups in total. The van der Waals surface area contributed by atoms with Gasteiger partial charge in [-0.3, -0.25) is 0 Å². The van der Waals surface area contributed by atoms with E-state index in [9.17, 15) is 0 Å². The molecule has 1 aromatic heterocycles. The lowest BCUT2D eigenvalue weighted by atomic mass is 10.0. The molecule has 1 aromatic rings. The van der Waals surface area contributed by atoms with Crippen molar-refractivity contribution in [2.45, 2.75) is 38.6 Å². The van der Waals surface area contributed by atoms with Gasteiger partial charge in [-0.2, -0.15) is 5.26 Å². The Balaban J connectivity index is 1.77. The Hall–Kier alpha value is -1.67. The maximum atomic E-state index is 8.67. The van der Waals surface area contributed by atoms with Crippen LogP contribution in [0.4, 0.5) is 5.82 Å². The highest BCUT2D eigenvalue weighted by Gasteiger charge is 2.18. The molecule has 0 saturated carbocycles. The number of hydrogen-bond donors (Lipinski definition) is 1. The molecule has 0 aliphatic carbocycles. The van der Waals surface area contributed by atoms with E-state index in [1.54, 1.807) is 6.20 Å². The van der Waals surface area contributed by atoms with E-state index in [1.165, 1.54) is 25.6 Å². The summed E-state index contributed by atoms with van der Waals surface area (Å²) in [6.45, 7) is 5.76. The van der Waals surface area contributed by atoms with Crippen molar-refractivity contribution < 1.29 is 0 Å². The van der Waals surface area contributed by atoms with Crippen molar-refractivity contribution in [2.24, 2.45) is 0 Å². The molecule has 0 spiro atoms. The van der Waals surface area contributed by atoms with E-state index in [2.05, 4.69) is 27.1 Å². The maximum Gasteiger partial charge on any atom is 0.158 e. The highest BCUT2D eigenvalue weighted by Crippen LogP contribution is 2.15. The molecule has 19 heavy (non-hydrogen) atoms. The SMILES string of the molecule is CCCCN1CCC(Nc2cnc(C#N)cn2)CC1. The van der Waals surface area contributed by atoms with Crippen molar-refractivity contribution in [1.29, 1.82) is 5.26 Å². The molecule has 1 saturated heterocycles. The van der Waals surface area contributed by atoms with Crippen LogP contribution in [-0.4, -0.2) is 40.5 Å². The molecule has 0 bridgehead atoms. The van der Waals surface area contributed by atoms with Crippen molar-refractivity contribution in [3.8, 4) is 6.07 Å². The molecule has 0 aromatic carbocycles. The van der Waals surface area contributed by atoms with Gasteiger partial charge in [-0.25, -0.2) is 9.97 Å². The third kappa shape index (κ3) is 4.18. The Labute approximate surface area is 114 Å². The van der Waals surface area contributed by atoms with E-state index in [4.69, 9.17) is 5.26 Å². The molecule has 2 heterocycles. The van der Waals surface area contributed by atoms with Gasteiger partial charge in [-0.05, 0) is 25.8 Å². The van der Waals surface area contributed by atoms with E-state index < -0.39 is 0 Å². The predicted octanol–water partition coefficient (Wildman–Crippen LogP) is 2.02. The second kappa shape index (κ2) is 7.05. The molecule has 1 aliphatic heterocycles. The molecule has 1 aliphatic rings. The topological polar surface area (TPSA) is 64.8 Å². The van der Waals surface area contributed by atoms with Crippen LogP contribution < -0.4 is 5.32 Å². The number of rotatable bonds is 5. The number of hydrogen-bond acceptors (Lipinski definition) is 5. The van der Waals surface area contributed by atoms with E-state index >= 15 is 0 Å². The summed E-state index contributed by atoms with van der Waals surface area (Å²) in [4.78, 5) is 10.8. The smallest absolute Gasteiger partial charge is 0.158 e. The number of nitrogens with zero attached hydrogens (tertiary/aromatic N) is 4. The molecule has 0 amide bonds. The van der Waals surface area contributed by atoms with Gasteiger partial charge >= 0.3 is 0 Å². The minimum atomic E-state index is 0.361. The number of piperidine rings is 1. The number of unbranched alkanes of at least 4 members (excludes halogenated alkanes) is 1. The summed E-state index contributed by atoms with van der Waals surface area (Å²) < 4.78 is 0. The van der Waals surface area contributed by atoms with Crippen LogP contribution in [0.3, 0.4) is 0 Å². The molecule has 1 fully saturated rings. The summed E-state index contributed by atoms with van der Waals surface area (Å²) in [6, 6.07) is 2.45. The average Bonchev–Trinajstić information content (AvgIpc) is 2.47. The van der Waals surface area contributed by atoms with Gasteiger partial charge in [0.05, 0.1) is 12.4 Å². The number of anilines is 1. The number of aromatic nitrogens is 2. The zero-order valence-corrected chi connectivity index (χ0v) is 11.5. The van der Waals surface area contributed by atoms with Crippen LogP contribution in [-0.2, 0) is 0 Å². The monoisotopic (exact) mass is 259 g/mol. The van der Waals surface area contributed by atoms with Gasteiger partial charge in [0, 0.05) is 19.1 Å². The highest BCUT2D eigenvalue weighted by molar-refractivity contribution is 5.34. The highest BCUT2D eigenvalue weighted by atomic mass is 15.1. The third-order valence-electron chi connectivity index (χ3n) is 3.53. The van der Waals surface area contributed by atoms with Gasteiger partial charge in [0.1, 0.15) is 11.9 Å². The standard InChI is InChI=1S/C14H21N5/c1-2-3-6-19-7-4-12(5-8-19)18-14-11-16-13(9-15)10-17-14/h10-12H,2-8H2,1H3,(H,17,18). The molecular weight excluding hydrogens is 238 g/mol. The first-order chi connectivity index (χ1) is 9.31. The lowest BCUT2D eigenvalue weighted by Gasteiger charge is -2.32. The maximum absolute atomic E-state index is 8.67. The second-order valence-electron chi connectivity index (χ2n) is 5.01. The lowest BCUT2D eigenvalue weighted by Crippen LogP contribution is -2.39. The molecule has 0 atom stereocenters. The van der Waals surface area contributed by atoms with Crippen molar-refractivity contribution in [1.82, 2.24) is 14.9 Å². The Morgan fingerprint density at radius 2 is 2.16 bits per heavy atom. The Bertz CT molecular complexity index is 414. The first-order valence-corrected chi connectivity index (χ1v) is 7.03. The van der Waals surface area contributed by atoms with Gasteiger partial charge in [0.2, 0.25) is 0 Å². The Kier molecular flexibility index (Phi) is 5.10. The first-order valence-electron chi connectivity index (χ1n) is 7.03. The number of nitrogens with one attached hydrogen (secondary N) is 1. The molecule has 5 nitrogen and oxygen atoms in total. The summed E-state index contributed by atoms with van der Waals surface area (Å²) in [6.07, 6.45) is 8.00. The van der Waals surface area contributed by atoms with Crippen molar-refractivity contribution >= 4 is 5.82 Å². The normalized spacial score (nSPS) is 17.1. The van der Waals surface area contributed by atoms with Crippen LogP contribution in [0.1, 0.15) is 38.3 Å². The zero-order valence-electron chi connectivity index (χ0n) is 11.5. The van der Waals surface area contributed by atoms with Crippen LogP contribution in [0.25, 0.3) is 0 Å².